The van der Waals surface area contributed by atoms with E-state index in [1.54, 1.807) is 128 Å². The number of methoxy groups -OCH3 is 1. The van der Waals surface area contributed by atoms with Crippen molar-refractivity contribution in [3.05, 3.63) is 76.9 Å². The Balaban J connectivity index is 2.22. The normalized spacial score (nSPS) is 12.7. The van der Waals surface area contributed by atoms with Crippen molar-refractivity contribution >= 4 is 53.1 Å². The molecule has 16 nitrogen and oxygen atoms in total. The summed E-state index contributed by atoms with van der Waals surface area (Å²) < 4.78 is 15.4. The molecule has 0 fully saturated rings. The van der Waals surface area contributed by atoms with E-state index < -0.39 is 59.2 Å². The SMILES string of the molecule is COC(=O)[C@@H](NC(=O)CN(C)c1ccc(C(/C=C/c2ccc(C(=O)N[C@@H](CCCCNC(=O)OC(C)(C)C)C(=O)N[C@@H](C)C(=O)OC(C)(C)C)cc2)=C(C#N)C#N)cc1)C(C)C. The molecule has 0 heterocycles. The number of esters is 2. The fraction of sp³-hybridized carbons (Fsp3) is 0.478. The van der Waals surface area contributed by atoms with Crippen LogP contribution in [0.3, 0.4) is 0 Å². The van der Waals surface area contributed by atoms with E-state index in [1.165, 1.54) is 14.0 Å². The second-order valence-corrected chi connectivity index (χ2v) is 16.9. The van der Waals surface area contributed by atoms with Crippen LogP contribution in [0, 0.1) is 28.6 Å². The Labute approximate surface area is 365 Å². The fourth-order valence-corrected chi connectivity index (χ4v) is 5.69. The molecule has 334 valence electrons. The summed E-state index contributed by atoms with van der Waals surface area (Å²) in [5.41, 5.74) is 0.909. The monoisotopic (exact) mass is 855 g/mol. The summed E-state index contributed by atoms with van der Waals surface area (Å²) in [5, 5.41) is 30.3. The molecule has 0 aromatic heterocycles. The lowest BCUT2D eigenvalue weighted by Crippen LogP contribution is -2.51. The molecule has 0 saturated carbocycles. The second kappa shape index (κ2) is 23.9. The van der Waals surface area contributed by atoms with Gasteiger partial charge in [-0.25, -0.2) is 14.4 Å². The van der Waals surface area contributed by atoms with Crippen molar-refractivity contribution in [2.45, 2.75) is 111 Å². The van der Waals surface area contributed by atoms with E-state index >= 15 is 0 Å². The van der Waals surface area contributed by atoms with Gasteiger partial charge >= 0.3 is 18.0 Å². The van der Waals surface area contributed by atoms with E-state index in [1.807, 2.05) is 12.1 Å². The Kier molecular flexibility index (Phi) is 19.9. The number of nitriles is 2. The quantitative estimate of drug-likeness (QED) is 0.0446. The molecule has 2 aromatic carbocycles. The van der Waals surface area contributed by atoms with E-state index in [-0.39, 0.29) is 42.5 Å². The highest BCUT2D eigenvalue weighted by Crippen LogP contribution is 2.25. The van der Waals surface area contributed by atoms with E-state index in [4.69, 9.17) is 14.2 Å². The predicted octanol–water partition coefficient (Wildman–Crippen LogP) is 5.59. The highest BCUT2D eigenvalue weighted by molar-refractivity contribution is 5.98. The van der Waals surface area contributed by atoms with Gasteiger partial charge in [0.15, 0.2) is 0 Å². The van der Waals surface area contributed by atoms with Crippen LogP contribution in [-0.2, 0) is 33.4 Å². The van der Waals surface area contributed by atoms with Gasteiger partial charge in [0.25, 0.3) is 5.91 Å². The molecule has 0 unspecified atom stereocenters. The summed E-state index contributed by atoms with van der Waals surface area (Å²) in [6, 6.07) is 14.4. The first-order chi connectivity index (χ1) is 29.0. The summed E-state index contributed by atoms with van der Waals surface area (Å²) >= 11 is 0. The van der Waals surface area contributed by atoms with Crippen molar-refractivity contribution in [1.82, 2.24) is 21.3 Å². The zero-order chi connectivity index (χ0) is 46.8. The first kappa shape index (κ1) is 51.5. The van der Waals surface area contributed by atoms with Crippen molar-refractivity contribution in [1.29, 1.82) is 10.5 Å². The van der Waals surface area contributed by atoms with Crippen LogP contribution in [0.4, 0.5) is 10.5 Å². The molecule has 0 spiro atoms. The second-order valence-electron chi connectivity index (χ2n) is 16.9. The van der Waals surface area contributed by atoms with Crippen LogP contribution in [0.1, 0.15) is 103 Å². The van der Waals surface area contributed by atoms with Crippen molar-refractivity contribution in [3.8, 4) is 12.1 Å². The molecule has 62 heavy (non-hydrogen) atoms. The number of ether oxygens (including phenoxy) is 3. The number of alkyl carbamates (subject to hydrolysis) is 1. The minimum absolute atomic E-state index is 0.0475. The Morgan fingerprint density at radius 3 is 1.89 bits per heavy atom. The van der Waals surface area contributed by atoms with E-state index in [9.17, 15) is 39.3 Å². The maximum absolute atomic E-state index is 13.5. The molecule has 4 amide bonds. The van der Waals surface area contributed by atoms with Crippen LogP contribution in [0.5, 0.6) is 0 Å². The maximum Gasteiger partial charge on any atom is 0.407 e. The Morgan fingerprint density at radius 1 is 0.774 bits per heavy atom. The molecule has 0 radical (unpaired) electrons. The molecule has 16 heteroatoms. The number of benzene rings is 2. The van der Waals surface area contributed by atoms with E-state index in [0.717, 1.165) is 0 Å². The Morgan fingerprint density at radius 2 is 1.35 bits per heavy atom. The number of hydrogen-bond donors (Lipinski definition) is 4. The van der Waals surface area contributed by atoms with Crippen molar-refractivity contribution in [2.24, 2.45) is 5.92 Å². The molecule has 0 saturated heterocycles. The fourth-order valence-electron chi connectivity index (χ4n) is 5.69. The van der Waals surface area contributed by atoms with Crippen LogP contribution in [0.2, 0.25) is 0 Å². The number of likely N-dealkylation sites (N-methyl/N-ethyl adjacent to an activating group) is 1. The van der Waals surface area contributed by atoms with Gasteiger partial charge in [-0.1, -0.05) is 50.3 Å². The third-order valence-electron chi connectivity index (χ3n) is 8.88. The van der Waals surface area contributed by atoms with Crippen LogP contribution >= 0.6 is 0 Å². The number of carbonyl (C=O) groups is 6. The van der Waals surface area contributed by atoms with E-state index in [0.29, 0.717) is 35.2 Å². The van der Waals surface area contributed by atoms with Crippen LogP contribution in [0.15, 0.2) is 60.2 Å². The predicted molar refractivity (Wildman–Crippen MR) is 235 cm³/mol. The Bertz CT molecular complexity index is 2020. The Hall–Kier alpha value is -6.68. The number of allylic oxidation sites excluding steroid dienone is 3. The number of amides is 4. The molecular formula is C46H61N7O9. The lowest BCUT2D eigenvalue weighted by atomic mass is 9.99. The number of nitrogens with zero attached hydrogens (tertiary/aromatic N) is 3. The third kappa shape index (κ3) is 17.9. The summed E-state index contributed by atoms with van der Waals surface area (Å²) in [5.74, 6) is -2.83. The zero-order valence-electron chi connectivity index (χ0n) is 37.6. The number of rotatable bonds is 19. The molecular weight excluding hydrogens is 795 g/mol. The zero-order valence-corrected chi connectivity index (χ0v) is 37.6. The van der Waals surface area contributed by atoms with Gasteiger partial charge in [0, 0.05) is 30.4 Å². The van der Waals surface area contributed by atoms with Gasteiger partial charge in [0.1, 0.15) is 47.0 Å². The number of anilines is 1. The third-order valence-corrected chi connectivity index (χ3v) is 8.88. The largest absolute Gasteiger partial charge is 0.467 e. The average molecular weight is 856 g/mol. The molecule has 0 aliphatic heterocycles. The minimum Gasteiger partial charge on any atom is -0.467 e. The molecule has 3 atom stereocenters. The number of hydrogen-bond acceptors (Lipinski definition) is 12. The molecule has 0 aliphatic carbocycles. The van der Waals surface area contributed by atoms with Crippen LogP contribution in [-0.4, -0.2) is 92.3 Å². The summed E-state index contributed by atoms with van der Waals surface area (Å²) in [7, 11) is 2.98. The van der Waals surface area contributed by atoms with Crippen molar-refractivity contribution < 1.29 is 43.0 Å². The summed E-state index contributed by atoms with van der Waals surface area (Å²) in [6.07, 6.45) is 3.86. The molecule has 2 aromatic rings. The highest BCUT2D eigenvalue weighted by Gasteiger charge is 2.28. The van der Waals surface area contributed by atoms with Crippen LogP contribution < -0.4 is 26.2 Å². The number of nitrogens with one attached hydrogen (secondary N) is 4. The lowest BCUT2D eigenvalue weighted by Gasteiger charge is -2.24. The highest BCUT2D eigenvalue weighted by atomic mass is 16.6. The lowest BCUT2D eigenvalue weighted by molar-refractivity contribution is -0.158. The number of carbonyl (C=O) groups excluding carboxylic acids is 6. The molecule has 2 rings (SSSR count). The molecule has 0 aliphatic rings. The minimum atomic E-state index is -1.02. The van der Waals surface area contributed by atoms with E-state index in [2.05, 4.69) is 21.3 Å². The first-order valence-electron chi connectivity index (χ1n) is 20.3. The van der Waals surface area contributed by atoms with Crippen molar-refractivity contribution in [3.63, 3.8) is 0 Å². The van der Waals surface area contributed by atoms with Gasteiger partial charge < -0.3 is 40.4 Å². The molecule has 4 N–H and O–H groups in total. The number of unbranched alkanes of at least 4 members (excludes halogenated alkanes) is 1. The topological polar surface area (TPSA) is 229 Å². The van der Waals surface area contributed by atoms with Gasteiger partial charge in [-0.2, -0.15) is 10.5 Å². The standard InChI is InChI=1S/C46H61N7O9/c1-29(2)39(43(58)60-11)52-38(54)28-53(10)35-22-20-32(21-23-35)36(34(26-47)27-48)24-17-31-15-18-33(19-16-31)40(55)51-37(14-12-13-25-49-44(59)62-46(7,8)9)41(56)50-30(3)42(57)61-45(4,5)6/h15-24,29-30,37,39H,12-14,25,28H2,1-11H3,(H,49,59)(H,50,56)(H,51,55)(H,52,54)/b24-17+/t30-,37-,39-/m0/s1. The first-order valence-corrected chi connectivity index (χ1v) is 20.3. The molecule has 0 bridgehead atoms. The van der Waals surface area contributed by atoms with Crippen molar-refractivity contribution in [2.75, 3.05) is 32.1 Å². The average Bonchev–Trinajstić information content (AvgIpc) is 3.19. The van der Waals surface area contributed by atoms with Crippen LogP contribution in [0.25, 0.3) is 11.6 Å². The summed E-state index contributed by atoms with van der Waals surface area (Å²) in [4.78, 5) is 78.0. The van der Waals surface area contributed by atoms with Gasteiger partial charge in [0.2, 0.25) is 11.8 Å². The maximum atomic E-state index is 13.5. The van der Waals surface area contributed by atoms with Gasteiger partial charge in [-0.05, 0) is 109 Å². The summed E-state index contributed by atoms with van der Waals surface area (Å²) in [6.45, 7) is 15.7. The van der Waals surface area contributed by atoms with Gasteiger partial charge in [0.05, 0.1) is 13.7 Å². The van der Waals surface area contributed by atoms with Gasteiger partial charge in [-0.15, -0.1) is 0 Å². The van der Waals surface area contributed by atoms with Gasteiger partial charge in [-0.3, -0.25) is 14.4 Å². The smallest absolute Gasteiger partial charge is 0.407 e.